The third kappa shape index (κ3) is 5.93. The molecule has 4 atom stereocenters. The molecular formula is C21H26ClNO4S. The Hall–Kier alpha value is -1.63. The largest absolute Gasteiger partial charge is 0.481 e. The van der Waals surface area contributed by atoms with Gasteiger partial charge in [0.1, 0.15) is 0 Å². The van der Waals surface area contributed by atoms with Crippen molar-refractivity contribution in [1.29, 1.82) is 0 Å². The number of fused-ring (bicyclic) bond motifs is 2. The summed E-state index contributed by atoms with van der Waals surface area (Å²) >= 11 is 5.85. The van der Waals surface area contributed by atoms with Crippen LogP contribution in [0.5, 0.6) is 0 Å². The second-order valence-electron chi connectivity index (χ2n) is 7.74. The summed E-state index contributed by atoms with van der Waals surface area (Å²) in [6, 6.07) is 6.97. The van der Waals surface area contributed by atoms with E-state index in [1.807, 2.05) is 0 Å². The number of unbranched alkanes of at least 4 members (excludes halogenated alkanes) is 1. The van der Waals surface area contributed by atoms with Crippen LogP contribution in [0.4, 0.5) is 0 Å². The Kier molecular flexibility index (Phi) is 6.96. The molecule has 28 heavy (non-hydrogen) atoms. The molecule has 4 unspecified atom stereocenters. The zero-order chi connectivity index (χ0) is 20.1. The minimum absolute atomic E-state index is 0.0349. The summed E-state index contributed by atoms with van der Waals surface area (Å²) in [5.74, 6) is 0.483. The minimum atomic E-state index is -3.51. The monoisotopic (exact) mass is 423 g/mol. The molecule has 5 nitrogen and oxygen atoms in total. The molecule has 0 heterocycles. The SMILES string of the molecule is O=C(O)CCC/C=C/C1CC2CC(NS(=O)(=O)/C=C/c3ccc(Cl)cc3)C1C2. The lowest BCUT2D eigenvalue weighted by atomic mass is 9.85. The van der Waals surface area contributed by atoms with E-state index in [9.17, 15) is 13.2 Å². The summed E-state index contributed by atoms with van der Waals surface area (Å²) in [5, 5.41) is 10.5. The number of benzene rings is 1. The molecule has 2 saturated carbocycles. The molecule has 0 amide bonds. The van der Waals surface area contributed by atoms with Gasteiger partial charge < -0.3 is 5.11 Å². The highest BCUT2D eigenvalue weighted by atomic mass is 35.5. The van der Waals surface area contributed by atoms with Gasteiger partial charge in [-0.1, -0.05) is 35.9 Å². The van der Waals surface area contributed by atoms with Gasteiger partial charge in [-0.05, 0) is 73.6 Å². The van der Waals surface area contributed by atoms with Gasteiger partial charge in [-0.25, -0.2) is 13.1 Å². The van der Waals surface area contributed by atoms with Crippen molar-refractivity contribution >= 4 is 33.7 Å². The fourth-order valence-corrected chi connectivity index (χ4v) is 5.63. The second kappa shape index (κ2) is 9.25. The van der Waals surface area contributed by atoms with Crippen molar-refractivity contribution < 1.29 is 18.3 Å². The maximum absolute atomic E-state index is 12.5. The van der Waals surface area contributed by atoms with Crippen LogP contribution in [0, 0.1) is 17.8 Å². The third-order valence-corrected chi connectivity index (χ3v) is 7.01. The maximum Gasteiger partial charge on any atom is 0.303 e. The van der Waals surface area contributed by atoms with E-state index in [1.54, 1.807) is 30.3 Å². The predicted octanol–water partition coefficient (Wildman–Crippen LogP) is 4.46. The van der Waals surface area contributed by atoms with Gasteiger partial charge >= 0.3 is 5.97 Å². The average molecular weight is 424 g/mol. The lowest BCUT2D eigenvalue weighted by molar-refractivity contribution is -0.137. The van der Waals surface area contributed by atoms with Crippen LogP contribution >= 0.6 is 11.6 Å². The number of halogens is 1. The normalized spacial score (nSPS) is 27.2. The molecule has 152 valence electrons. The van der Waals surface area contributed by atoms with Crippen molar-refractivity contribution in [2.75, 3.05) is 0 Å². The summed E-state index contributed by atoms with van der Waals surface area (Å²) in [7, 11) is -3.51. The smallest absolute Gasteiger partial charge is 0.303 e. The fraction of sp³-hybridized carbons (Fsp3) is 0.476. The zero-order valence-corrected chi connectivity index (χ0v) is 17.2. The summed E-state index contributed by atoms with van der Waals surface area (Å²) in [6.07, 6.45) is 10.4. The minimum Gasteiger partial charge on any atom is -0.481 e. The van der Waals surface area contributed by atoms with E-state index in [1.165, 1.54) is 5.41 Å². The lowest BCUT2D eigenvalue weighted by Crippen LogP contribution is -2.40. The molecule has 2 bridgehead atoms. The molecular weight excluding hydrogens is 398 g/mol. The van der Waals surface area contributed by atoms with E-state index >= 15 is 0 Å². The molecule has 1 aromatic carbocycles. The Morgan fingerprint density at radius 2 is 1.96 bits per heavy atom. The van der Waals surface area contributed by atoms with Crippen LogP contribution in [-0.2, 0) is 14.8 Å². The van der Waals surface area contributed by atoms with E-state index in [4.69, 9.17) is 16.7 Å². The quantitative estimate of drug-likeness (QED) is 0.453. The molecule has 2 aliphatic rings. The van der Waals surface area contributed by atoms with Gasteiger partial charge in [-0.3, -0.25) is 4.79 Å². The maximum atomic E-state index is 12.5. The first-order chi connectivity index (χ1) is 13.3. The van der Waals surface area contributed by atoms with E-state index in [-0.39, 0.29) is 12.5 Å². The van der Waals surface area contributed by atoms with Crippen molar-refractivity contribution in [2.24, 2.45) is 17.8 Å². The molecule has 0 aliphatic heterocycles. The first-order valence-corrected chi connectivity index (χ1v) is 11.6. The second-order valence-corrected chi connectivity index (χ2v) is 9.77. The summed E-state index contributed by atoms with van der Waals surface area (Å²) in [4.78, 5) is 10.6. The fourth-order valence-electron chi connectivity index (χ4n) is 4.40. The van der Waals surface area contributed by atoms with E-state index in [0.717, 1.165) is 31.2 Å². The first kappa shape index (κ1) is 21.1. The van der Waals surface area contributed by atoms with Gasteiger partial charge in [0.15, 0.2) is 0 Å². The van der Waals surface area contributed by atoms with Crippen molar-refractivity contribution in [3.8, 4) is 0 Å². The summed E-state index contributed by atoms with van der Waals surface area (Å²) in [6.45, 7) is 0. The van der Waals surface area contributed by atoms with Crippen molar-refractivity contribution in [2.45, 2.75) is 44.6 Å². The highest BCUT2D eigenvalue weighted by Crippen LogP contribution is 2.49. The first-order valence-electron chi connectivity index (χ1n) is 9.67. The molecule has 0 radical (unpaired) electrons. The van der Waals surface area contributed by atoms with Gasteiger partial charge in [-0.15, -0.1) is 0 Å². The highest BCUT2D eigenvalue weighted by Gasteiger charge is 2.46. The summed E-state index contributed by atoms with van der Waals surface area (Å²) < 4.78 is 27.8. The number of rotatable bonds is 9. The molecule has 2 fully saturated rings. The number of carboxylic acids is 1. The van der Waals surface area contributed by atoms with Crippen LogP contribution in [0.1, 0.15) is 44.1 Å². The van der Waals surface area contributed by atoms with Crippen LogP contribution < -0.4 is 4.72 Å². The van der Waals surface area contributed by atoms with E-state index in [2.05, 4.69) is 16.9 Å². The number of carbonyl (C=O) groups is 1. The molecule has 0 spiro atoms. The Morgan fingerprint density at radius 3 is 2.64 bits per heavy atom. The topological polar surface area (TPSA) is 83.5 Å². The molecule has 0 aromatic heterocycles. The standard InChI is InChI=1S/C21H26ClNO4S/c22-18-8-6-15(7-9-18)10-11-28(26,27)23-20-14-16-12-17(19(20)13-16)4-2-1-3-5-21(24)25/h2,4,6-11,16-17,19-20,23H,1,3,5,12-14H2,(H,24,25)/b4-2+,11-10+. The lowest BCUT2D eigenvalue weighted by Gasteiger charge is -2.27. The number of hydrogen-bond donors (Lipinski definition) is 2. The van der Waals surface area contributed by atoms with Crippen LogP contribution in [0.15, 0.2) is 41.8 Å². The van der Waals surface area contributed by atoms with Gasteiger partial charge in [-0.2, -0.15) is 0 Å². The van der Waals surface area contributed by atoms with Crippen molar-refractivity contribution in [1.82, 2.24) is 4.72 Å². The number of aliphatic carboxylic acids is 1. The number of nitrogens with one attached hydrogen (secondary N) is 1. The van der Waals surface area contributed by atoms with Gasteiger partial charge in [0.2, 0.25) is 10.0 Å². The van der Waals surface area contributed by atoms with E-state index < -0.39 is 16.0 Å². The van der Waals surface area contributed by atoms with Gasteiger partial charge in [0, 0.05) is 22.9 Å². The molecule has 0 saturated heterocycles. The van der Waals surface area contributed by atoms with Gasteiger partial charge in [0.05, 0.1) is 0 Å². The summed E-state index contributed by atoms with van der Waals surface area (Å²) in [5.41, 5.74) is 0.782. The van der Waals surface area contributed by atoms with Gasteiger partial charge in [0.25, 0.3) is 0 Å². The zero-order valence-electron chi connectivity index (χ0n) is 15.6. The van der Waals surface area contributed by atoms with E-state index in [0.29, 0.717) is 29.2 Å². The van der Waals surface area contributed by atoms with Crippen LogP contribution in [0.2, 0.25) is 5.02 Å². The average Bonchev–Trinajstić information content (AvgIpc) is 3.20. The Balaban J connectivity index is 1.54. The van der Waals surface area contributed by atoms with Crippen molar-refractivity contribution in [3.63, 3.8) is 0 Å². The molecule has 2 N–H and O–H groups in total. The number of hydrogen-bond acceptors (Lipinski definition) is 3. The Bertz CT molecular complexity index is 848. The Morgan fingerprint density at radius 1 is 1.21 bits per heavy atom. The van der Waals surface area contributed by atoms with Crippen molar-refractivity contribution in [3.05, 3.63) is 52.4 Å². The molecule has 7 heteroatoms. The number of sulfonamides is 1. The molecule has 1 aromatic rings. The Labute approximate surface area is 171 Å². The molecule has 2 aliphatic carbocycles. The predicted molar refractivity (Wildman–Crippen MR) is 111 cm³/mol. The molecule has 3 rings (SSSR count). The van der Waals surface area contributed by atoms with Crippen LogP contribution in [-0.4, -0.2) is 25.5 Å². The van der Waals surface area contributed by atoms with Crippen LogP contribution in [0.25, 0.3) is 6.08 Å². The number of allylic oxidation sites excluding steroid dienone is 2. The third-order valence-electron chi connectivity index (χ3n) is 5.64. The highest BCUT2D eigenvalue weighted by molar-refractivity contribution is 7.92. The van der Waals surface area contributed by atoms with Crippen LogP contribution in [0.3, 0.4) is 0 Å². The number of carboxylic acid groups (broad SMARTS) is 1.